The van der Waals surface area contributed by atoms with Crippen molar-refractivity contribution >= 4 is 46.2 Å². The van der Waals surface area contributed by atoms with Gasteiger partial charge in [-0.1, -0.05) is 11.6 Å². The molecule has 0 aromatic carbocycles. The molecule has 1 amide bonds. The zero-order valence-corrected chi connectivity index (χ0v) is 11.6. The number of hydrogen-bond donors (Lipinski definition) is 2. The lowest BCUT2D eigenvalue weighted by atomic mass is 10.2. The van der Waals surface area contributed by atoms with E-state index in [1.807, 2.05) is 0 Å². The van der Waals surface area contributed by atoms with E-state index in [-0.39, 0.29) is 21.3 Å². The maximum absolute atomic E-state index is 12.0. The topological polar surface area (TPSA) is 122 Å². The standard InChI is InChI=1S/C11H6ClN3O5S/c12-9-6(3-5(4-13-9)15(19)20)10(16)14-7-1-2-21-8(7)11(17)18/h1-4H,(H,14,16)(H,17,18). The number of nitro groups is 1. The molecule has 21 heavy (non-hydrogen) atoms. The maximum atomic E-state index is 12.0. The Morgan fingerprint density at radius 2 is 2.19 bits per heavy atom. The van der Waals surface area contributed by atoms with Gasteiger partial charge in [0.1, 0.15) is 16.2 Å². The summed E-state index contributed by atoms with van der Waals surface area (Å²) in [6.07, 6.45) is 0.923. The predicted octanol–water partition coefficient (Wildman–Crippen LogP) is 2.66. The Bertz CT molecular complexity index is 745. The van der Waals surface area contributed by atoms with Gasteiger partial charge in [0, 0.05) is 6.07 Å². The lowest BCUT2D eigenvalue weighted by molar-refractivity contribution is -0.385. The molecule has 0 atom stereocenters. The van der Waals surface area contributed by atoms with E-state index in [1.165, 1.54) is 11.4 Å². The molecule has 2 N–H and O–H groups in total. The summed E-state index contributed by atoms with van der Waals surface area (Å²) < 4.78 is 0. The van der Waals surface area contributed by atoms with Crippen LogP contribution in [0, 0.1) is 10.1 Å². The molecule has 0 bridgehead atoms. The number of carbonyl (C=O) groups excluding carboxylic acids is 1. The van der Waals surface area contributed by atoms with Gasteiger partial charge >= 0.3 is 5.97 Å². The van der Waals surface area contributed by atoms with E-state index < -0.39 is 22.5 Å². The maximum Gasteiger partial charge on any atom is 0.348 e. The third-order valence-electron chi connectivity index (χ3n) is 2.39. The summed E-state index contributed by atoms with van der Waals surface area (Å²) in [4.78, 5) is 36.4. The zero-order valence-electron chi connectivity index (χ0n) is 10.1. The van der Waals surface area contributed by atoms with Gasteiger partial charge < -0.3 is 10.4 Å². The highest BCUT2D eigenvalue weighted by molar-refractivity contribution is 7.12. The summed E-state index contributed by atoms with van der Waals surface area (Å²) in [5.74, 6) is -1.97. The summed E-state index contributed by atoms with van der Waals surface area (Å²) in [7, 11) is 0. The largest absolute Gasteiger partial charge is 0.477 e. The van der Waals surface area contributed by atoms with Crippen LogP contribution in [0.25, 0.3) is 0 Å². The Hall–Kier alpha value is -2.52. The normalized spacial score (nSPS) is 10.1. The molecule has 0 radical (unpaired) electrons. The number of nitrogens with zero attached hydrogens (tertiary/aromatic N) is 2. The minimum absolute atomic E-state index is 0.0575. The van der Waals surface area contributed by atoms with Crippen LogP contribution in [0.1, 0.15) is 20.0 Å². The first-order chi connectivity index (χ1) is 9.90. The van der Waals surface area contributed by atoms with Gasteiger partial charge in [-0.3, -0.25) is 14.9 Å². The van der Waals surface area contributed by atoms with Crippen molar-refractivity contribution in [2.75, 3.05) is 5.32 Å². The number of aromatic nitrogens is 1. The molecular weight excluding hydrogens is 322 g/mol. The highest BCUT2D eigenvalue weighted by Gasteiger charge is 2.20. The molecule has 0 fully saturated rings. The predicted molar refractivity (Wildman–Crippen MR) is 75.1 cm³/mol. The van der Waals surface area contributed by atoms with Crippen LogP contribution in [0.3, 0.4) is 0 Å². The molecule has 0 aliphatic carbocycles. The van der Waals surface area contributed by atoms with Crippen molar-refractivity contribution in [1.29, 1.82) is 0 Å². The van der Waals surface area contributed by atoms with Gasteiger partial charge in [0.05, 0.1) is 16.2 Å². The lowest BCUT2D eigenvalue weighted by Gasteiger charge is -2.05. The smallest absolute Gasteiger partial charge is 0.348 e. The molecule has 108 valence electrons. The van der Waals surface area contributed by atoms with Crippen LogP contribution in [0.5, 0.6) is 0 Å². The fourth-order valence-corrected chi connectivity index (χ4v) is 2.34. The van der Waals surface area contributed by atoms with Gasteiger partial charge in [-0.05, 0) is 11.4 Å². The molecule has 0 saturated heterocycles. The number of thiophene rings is 1. The van der Waals surface area contributed by atoms with E-state index in [9.17, 15) is 19.7 Å². The fourth-order valence-electron chi connectivity index (χ4n) is 1.46. The summed E-state index contributed by atoms with van der Waals surface area (Å²) in [6, 6.07) is 2.38. The molecule has 0 saturated carbocycles. The highest BCUT2D eigenvalue weighted by Crippen LogP contribution is 2.25. The minimum Gasteiger partial charge on any atom is -0.477 e. The molecule has 0 unspecified atom stereocenters. The summed E-state index contributed by atoms with van der Waals surface area (Å²) >= 11 is 6.67. The first-order valence-corrected chi connectivity index (χ1v) is 6.58. The van der Waals surface area contributed by atoms with Crippen LogP contribution in [0.4, 0.5) is 11.4 Å². The van der Waals surface area contributed by atoms with Crippen LogP contribution in [0.2, 0.25) is 5.15 Å². The Kier molecular flexibility index (Phi) is 4.15. The van der Waals surface area contributed by atoms with Crippen LogP contribution in [-0.2, 0) is 0 Å². The molecular formula is C11H6ClN3O5S. The van der Waals surface area contributed by atoms with E-state index in [0.29, 0.717) is 0 Å². The van der Waals surface area contributed by atoms with Crippen molar-refractivity contribution in [1.82, 2.24) is 4.98 Å². The molecule has 0 aliphatic rings. The Morgan fingerprint density at radius 3 is 2.81 bits per heavy atom. The highest BCUT2D eigenvalue weighted by atomic mass is 35.5. The molecule has 8 nitrogen and oxygen atoms in total. The average molecular weight is 328 g/mol. The van der Waals surface area contributed by atoms with Crippen LogP contribution < -0.4 is 5.32 Å². The number of pyridine rings is 1. The zero-order chi connectivity index (χ0) is 15.6. The number of halogens is 1. The number of rotatable bonds is 4. The van der Waals surface area contributed by atoms with E-state index >= 15 is 0 Å². The quantitative estimate of drug-likeness (QED) is 0.505. The Balaban J connectivity index is 2.32. The number of carbonyl (C=O) groups is 2. The number of hydrogen-bond acceptors (Lipinski definition) is 6. The van der Waals surface area contributed by atoms with Crippen molar-refractivity contribution in [3.8, 4) is 0 Å². The number of carboxylic acids is 1. The number of carboxylic acid groups (broad SMARTS) is 1. The first kappa shape index (κ1) is 14.9. The number of amides is 1. The Morgan fingerprint density at radius 1 is 1.48 bits per heavy atom. The van der Waals surface area contributed by atoms with Gasteiger partial charge in [0.25, 0.3) is 11.6 Å². The third-order valence-corrected chi connectivity index (χ3v) is 3.59. The number of anilines is 1. The molecule has 10 heteroatoms. The molecule has 2 aromatic rings. The van der Waals surface area contributed by atoms with Gasteiger partial charge in [0.2, 0.25) is 0 Å². The van der Waals surface area contributed by atoms with Crippen molar-refractivity contribution in [3.05, 3.63) is 49.4 Å². The summed E-state index contributed by atoms with van der Waals surface area (Å²) in [6.45, 7) is 0. The van der Waals surface area contributed by atoms with Gasteiger partial charge in [-0.15, -0.1) is 11.3 Å². The second kappa shape index (κ2) is 5.85. The lowest BCUT2D eigenvalue weighted by Crippen LogP contribution is -2.14. The second-order valence-electron chi connectivity index (χ2n) is 3.71. The number of nitrogens with one attached hydrogen (secondary N) is 1. The van der Waals surface area contributed by atoms with E-state index in [1.54, 1.807) is 0 Å². The minimum atomic E-state index is -1.19. The van der Waals surface area contributed by atoms with E-state index in [0.717, 1.165) is 23.6 Å². The van der Waals surface area contributed by atoms with E-state index in [4.69, 9.17) is 16.7 Å². The van der Waals surface area contributed by atoms with Gasteiger partial charge in [-0.25, -0.2) is 9.78 Å². The molecule has 2 aromatic heterocycles. The fraction of sp³-hybridized carbons (Fsp3) is 0. The van der Waals surface area contributed by atoms with Crippen molar-refractivity contribution in [2.45, 2.75) is 0 Å². The van der Waals surface area contributed by atoms with Gasteiger partial charge in [0.15, 0.2) is 0 Å². The number of aromatic carboxylic acids is 1. The molecule has 0 aliphatic heterocycles. The van der Waals surface area contributed by atoms with Crippen molar-refractivity contribution in [3.63, 3.8) is 0 Å². The summed E-state index contributed by atoms with van der Waals surface area (Å²) in [5, 5.41) is 23.2. The molecule has 0 spiro atoms. The molecule has 2 heterocycles. The average Bonchev–Trinajstić information content (AvgIpc) is 2.87. The third kappa shape index (κ3) is 3.15. The monoisotopic (exact) mass is 327 g/mol. The summed E-state index contributed by atoms with van der Waals surface area (Å²) in [5.41, 5.74) is -0.526. The Labute approximate surface area is 126 Å². The van der Waals surface area contributed by atoms with Crippen LogP contribution in [-0.4, -0.2) is 26.9 Å². The SMILES string of the molecule is O=C(Nc1ccsc1C(=O)O)c1cc([N+](=O)[O-])cnc1Cl. The first-order valence-electron chi connectivity index (χ1n) is 5.32. The second-order valence-corrected chi connectivity index (χ2v) is 4.99. The molecule has 2 rings (SSSR count). The van der Waals surface area contributed by atoms with E-state index in [2.05, 4.69) is 10.3 Å². The van der Waals surface area contributed by atoms with Gasteiger partial charge in [-0.2, -0.15) is 0 Å². The van der Waals surface area contributed by atoms with Crippen LogP contribution >= 0.6 is 22.9 Å². The van der Waals surface area contributed by atoms with Crippen LogP contribution in [0.15, 0.2) is 23.7 Å². The van der Waals surface area contributed by atoms with Crippen molar-refractivity contribution in [2.24, 2.45) is 0 Å². The van der Waals surface area contributed by atoms with Crippen molar-refractivity contribution < 1.29 is 19.6 Å².